The smallest absolute Gasteiger partial charge is 0.162 e. The van der Waals surface area contributed by atoms with Crippen molar-refractivity contribution < 1.29 is 19.3 Å². The lowest BCUT2D eigenvalue weighted by Crippen LogP contribution is -2.02. The standard InChI is InChI=1S/C19H18ClNO4/c1-23-13-6-4-11(5-7-13)18(22)14-8-12-9-16(24-2)17(25-3)10-15(12)21-19(14)20/h4-10,18,22H,1-3H3/t18-/m0/s1. The van der Waals surface area contributed by atoms with Gasteiger partial charge < -0.3 is 19.3 Å². The van der Waals surface area contributed by atoms with Crippen LogP contribution in [0.4, 0.5) is 0 Å². The number of fused-ring (bicyclic) bond motifs is 1. The van der Waals surface area contributed by atoms with Crippen molar-refractivity contribution in [2.45, 2.75) is 6.10 Å². The Labute approximate surface area is 150 Å². The van der Waals surface area contributed by atoms with Crippen molar-refractivity contribution in [1.29, 1.82) is 0 Å². The van der Waals surface area contributed by atoms with E-state index in [1.54, 1.807) is 51.7 Å². The molecule has 3 aromatic rings. The zero-order chi connectivity index (χ0) is 18.0. The largest absolute Gasteiger partial charge is 0.497 e. The van der Waals surface area contributed by atoms with Crippen LogP contribution in [0, 0.1) is 0 Å². The minimum atomic E-state index is -0.900. The molecule has 0 aliphatic rings. The second-order valence-electron chi connectivity index (χ2n) is 5.44. The first kappa shape index (κ1) is 17.3. The Bertz CT molecular complexity index is 896. The summed E-state index contributed by atoms with van der Waals surface area (Å²) in [5, 5.41) is 11.7. The second-order valence-corrected chi connectivity index (χ2v) is 5.80. The molecule has 0 spiro atoms. The highest BCUT2D eigenvalue weighted by Gasteiger charge is 2.17. The van der Waals surface area contributed by atoms with Crippen molar-refractivity contribution in [1.82, 2.24) is 4.98 Å². The molecule has 2 aromatic carbocycles. The minimum Gasteiger partial charge on any atom is -0.497 e. The normalized spacial score (nSPS) is 12.0. The average Bonchev–Trinajstić information content (AvgIpc) is 2.65. The van der Waals surface area contributed by atoms with Crippen molar-refractivity contribution in [3.05, 3.63) is 58.7 Å². The zero-order valence-electron chi connectivity index (χ0n) is 14.1. The number of methoxy groups -OCH3 is 3. The van der Waals surface area contributed by atoms with E-state index in [4.69, 9.17) is 25.8 Å². The number of pyridine rings is 1. The summed E-state index contributed by atoms with van der Waals surface area (Å²) in [4.78, 5) is 4.39. The monoisotopic (exact) mass is 359 g/mol. The number of halogens is 1. The molecule has 25 heavy (non-hydrogen) atoms. The predicted molar refractivity (Wildman–Crippen MR) is 96.9 cm³/mol. The van der Waals surface area contributed by atoms with E-state index in [0.29, 0.717) is 28.1 Å². The number of aromatic nitrogens is 1. The number of hydrogen-bond donors (Lipinski definition) is 1. The molecule has 0 bridgehead atoms. The predicted octanol–water partition coefficient (Wildman–Crippen LogP) is 4.00. The number of aliphatic hydroxyl groups excluding tert-OH is 1. The van der Waals surface area contributed by atoms with Gasteiger partial charge in [0.1, 0.15) is 17.0 Å². The van der Waals surface area contributed by atoms with Crippen LogP contribution in [-0.4, -0.2) is 31.4 Å². The third kappa shape index (κ3) is 3.34. The molecule has 130 valence electrons. The van der Waals surface area contributed by atoms with Gasteiger partial charge in [-0.15, -0.1) is 0 Å². The maximum atomic E-state index is 10.7. The third-order valence-corrected chi connectivity index (χ3v) is 4.33. The van der Waals surface area contributed by atoms with E-state index >= 15 is 0 Å². The quantitative estimate of drug-likeness (QED) is 0.698. The molecule has 0 aliphatic carbocycles. The van der Waals surface area contributed by atoms with E-state index in [-0.39, 0.29) is 5.15 Å². The first-order valence-corrected chi connectivity index (χ1v) is 7.99. The van der Waals surface area contributed by atoms with Crippen molar-refractivity contribution in [2.75, 3.05) is 21.3 Å². The lowest BCUT2D eigenvalue weighted by atomic mass is 10.0. The van der Waals surface area contributed by atoms with Crippen molar-refractivity contribution >= 4 is 22.5 Å². The van der Waals surface area contributed by atoms with Crippen LogP contribution in [-0.2, 0) is 0 Å². The van der Waals surface area contributed by atoms with E-state index in [0.717, 1.165) is 11.1 Å². The summed E-state index contributed by atoms with van der Waals surface area (Å²) < 4.78 is 15.7. The Kier molecular flexibility index (Phi) is 4.97. The summed E-state index contributed by atoms with van der Waals surface area (Å²) in [7, 11) is 4.73. The Morgan fingerprint density at radius 1 is 0.920 bits per heavy atom. The number of ether oxygens (including phenoxy) is 3. The van der Waals surface area contributed by atoms with Crippen molar-refractivity contribution in [3.63, 3.8) is 0 Å². The van der Waals surface area contributed by atoms with Gasteiger partial charge >= 0.3 is 0 Å². The molecule has 3 rings (SSSR count). The summed E-state index contributed by atoms with van der Waals surface area (Å²) in [6, 6.07) is 12.5. The topological polar surface area (TPSA) is 60.8 Å². The summed E-state index contributed by atoms with van der Waals surface area (Å²) >= 11 is 6.31. The van der Waals surface area contributed by atoms with Crippen LogP contribution in [0.5, 0.6) is 17.2 Å². The van der Waals surface area contributed by atoms with Gasteiger partial charge in [-0.1, -0.05) is 23.7 Å². The van der Waals surface area contributed by atoms with Gasteiger partial charge in [-0.3, -0.25) is 0 Å². The molecule has 0 radical (unpaired) electrons. The first-order valence-electron chi connectivity index (χ1n) is 7.61. The van der Waals surface area contributed by atoms with Crippen LogP contribution in [0.1, 0.15) is 17.2 Å². The molecule has 0 fully saturated rings. The zero-order valence-corrected chi connectivity index (χ0v) is 14.9. The van der Waals surface area contributed by atoms with Gasteiger partial charge in [0, 0.05) is 17.0 Å². The van der Waals surface area contributed by atoms with Gasteiger partial charge in [0.15, 0.2) is 11.5 Å². The highest BCUT2D eigenvalue weighted by Crippen LogP contribution is 2.35. The minimum absolute atomic E-state index is 0.239. The molecule has 0 saturated heterocycles. The molecule has 1 N–H and O–H groups in total. The highest BCUT2D eigenvalue weighted by atomic mass is 35.5. The summed E-state index contributed by atoms with van der Waals surface area (Å²) in [5.41, 5.74) is 1.88. The van der Waals surface area contributed by atoms with Gasteiger partial charge in [-0.25, -0.2) is 4.98 Å². The van der Waals surface area contributed by atoms with Crippen molar-refractivity contribution in [2.24, 2.45) is 0 Å². The molecular formula is C19H18ClNO4. The number of hydrogen-bond acceptors (Lipinski definition) is 5. The van der Waals surface area contributed by atoms with Gasteiger partial charge in [0.05, 0.1) is 26.8 Å². The number of benzene rings is 2. The van der Waals surface area contributed by atoms with E-state index < -0.39 is 6.10 Å². The number of aliphatic hydroxyl groups is 1. The maximum Gasteiger partial charge on any atom is 0.162 e. The van der Waals surface area contributed by atoms with Gasteiger partial charge in [-0.2, -0.15) is 0 Å². The molecule has 1 heterocycles. The fourth-order valence-electron chi connectivity index (χ4n) is 2.65. The fourth-order valence-corrected chi connectivity index (χ4v) is 2.90. The highest BCUT2D eigenvalue weighted by molar-refractivity contribution is 6.30. The Hall–Kier alpha value is -2.50. The molecule has 0 saturated carbocycles. The van der Waals surface area contributed by atoms with Gasteiger partial charge in [-0.05, 0) is 29.8 Å². The Morgan fingerprint density at radius 2 is 1.56 bits per heavy atom. The van der Waals surface area contributed by atoms with Crippen LogP contribution >= 0.6 is 11.6 Å². The van der Waals surface area contributed by atoms with E-state index in [2.05, 4.69) is 4.98 Å². The first-order chi connectivity index (χ1) is 12.1. The molecular weight excluding hydrogens is 342 g/mol. The molecule has 5 nitrogen and oxygen atoms in total. The summed E-state index contributed by atoms with van der Waals surface area (Å²) in [6.45, 7) is 0. The number of nitrogens with zero attached hydrogens (tertiary/aromatic N) is 1. The van der Waals surface area contributed by atoms with Gasteiger partial charge in [0.2, 0.25) is 0 Å². The maximum absolute atomic E-state index is 10.7. The van der Waals surface area contributed by atoms with Crippen LogP contribution in [0.3, 0.4) is 0 Å². The van der Waals surface area contributed by atoms with E-state index in [1.165, 1.54) is 0 Å². The average molecular weight is 360 g/mol. The molecule has 0 unspecified atom stereocenters. The lowest BCUT2D eigenvalue weighted by Gasteiger charge is -2.15. The third-order valence-electron chi connectivity index (χ3n) is 4.03. The molecule has 0 aliphatic heterocycles. The van der Waals surface area contributed by atoms with E-state index in [9.17, 15) is 5.11 Å². The molecule has 6 heteroatoms. The molecule has 1 aromatic heterocycles. The Balaban J connectivity index is 2.07. The lowest BCUT2D eigenvalue weighted by molar-refractivity contribution is 0.220. The molecule has 0 amide bonds. The summed E-state index contributed by atoms with van der Waals surface area (Å²) in [6.07, 6.45) is -0.900. The van der Waals surface area contributed by atoms with Crippen molar-refractivity contribution in [3.8, 4) is 17.2 Å². The van der Waals surface area contributed by atoms with Crippen LogP contribution in [0.25, 0.3) is 10.9 Å². The SMILES string of the molecule is COc1ccc([C@H](O)c2cc3cc(OC)c(OC)cc3nc2Cl)cc1. The summed E-state index contributed by atoms with van der Waals surface area (Å²) in [5.74, 6) is 1.88. The number of rotatable bonds is 5. The van der Waals surface area contributed by atoms with Crippen LogP contribution in [0.2, 0.25) is 5.15 Å². The Morgan fingerprint density at radius 3 is 2.16 bits per heavy atom. The van der Waals surface area contributed by atoms with E-state index in [1.807, 2.05) is 12.1 Å². The van der Waals surface area contributed by atoms with Gasteiger partial charge in [0.25, 0.3) is 0 Å². The molecule has 1 atom stereocenters. The second kappa shape index (κ2) is 7.17. The van der Waals surface area contributed by atoms with Crippen LogP contribution in [0.15, 0.2) is 42.5 Å². The fraction of sp³-hybridized carbons (Fsp3) is 0.211. The van der Waals surface area contributed by atoms with Crippen LogP contribution < -0.4 is 14.2 Å².